The van der Waals surface area contributed by atoms with Gasteiger partial charge < -0.3 is 5.73 Å². The highest BCUT2D eigenvalue weighted by Gasteiger charge is 2.01. The van der Waals surface area contributed by atoms with E-state index in [9.17, 15) is 0 Å². The van der Waals surface area contributed by atoms with Gasteiger partial charge in [0.1, 0.15) is 0 Å². The van der Waals surface area contributed by atoms with Crippen molar-refractivity contribution < 1.29 is 0 Å². The van der Waals surface area contributed by atoms with Gasteiger partial charge in [-0.1, -0.05) is 13.8 Å². The SMILES string of the molecule is CC(C)CCn1cc2ccc(N)cc2n1. The lowest BCUT2D eigenvalue weighted by atomic mass is 10.1. The summed E-state index contributed by atoms with van der Waals surface area (Å²) in [5.41, 5.74) is 7.47. The Balaban J connectivity index is 2.23. The molecule has 2 rings (SSSR count). The van der Waals surface area contributed by atoms with E-state index in [4.69, 9.17) is 5.73 Å². The van der Waals surface area contributed by atoms with Crippen LogP contribution in [0.3, 0.4) is 0 Å². The van der Waals surface area contributed by atoms with Crippen molar-refractivity contribution in [3.05, 3.63) is 24.4 Å². The summed E-state index contributed by atoms with van der Waals surface area (Å²) in [4.78, 5) is 0. The summed E-state index contributed by atoms with van der Waals surface area (Å²) in [7, 11) is 0. The number of aromatic nitrogens is 2. The van der Waals surface area contributed by atoms with Crippen LogP contribution in [0.25, 0.3) is 10.9 Å². The van der Waals surface area contributed by atoms with Crippen molar-refractivity contribution >= 4 is 16.6 Å². The molecule has 0 amide bonds. The first-order valence-electron chi connectivity index (χ1n) is 5.38. The Kier molecular flexibility index (Phi) is 2.62. The Morgan fingerprint density at radius 2 is 2.20 bits per heavy atom. The molecule has 0 atom stereocenters. The highest BCUT2D eigenvalue weighted by molar-refractivity contribution is 5.81. The van der Waals surface area contributed by atoms with Crippen LogP contribution in [0.4, 0.5) is 5.69 Å². The summed E-state index contributed by atoms with van der Waals surface area (Å²) in [6, 6.07) is 5.85. The van der Waals surface area contributed by atoms with Gasteiger partial charge in [0, 0.05) is 23.8 Å². The minimum atomic E-state index is 0.711. The van der Waals surface area contributed by atoms with E-state index in [0.717, 1.165) is 29.6 Å². The predicted octanol–water partition coefficient (Wildman–Crippen LogP) is 2.66. The van der Waals surface area contributed by atoms with Crippen LogP contribution in [0.5, 0.6) is 0 Å². The van der Waals surface area contributed by atoms with Gasteiger partial charge in [0.25, 0.3) is 0 Å². The number of rotatable bonds is 3. The zero-order chi connectivity index (χ0) is 10.8. The van der Waals surface area contributed by atoms with Crippen LogP contribution in [0.2, 0.25) is 0 Å². The molecule has 15 heavy (non-hydrogen) atoms. The molecule has 0 saturated heterocycles. The standard InChI is InChI=1S/C12H17N3/c1-9(2)5-6-15-8-10-3-4-11(13)7-12(10)14-15/h3-4,7-9H,5-6,13H2,1-2H3. The Labute approximate surface area is 89.9 Å². The van der Waals surface area contributed by atoms with Gasteiger partial charge in [-0.05, 0) is 30.5 Å². The number of benzene rings is 1. The van der Waals surface area contributed by atoms with Gasteiger partial charge in [0.2, 0.25) is 0 Å². The summed E-state index contributed by atoms with van der Waals surface area (Å²) < 4.78 is 2.00. The predicted molar refractivity (Wildman–Crippen MR) is 63.6 cm³/mol. The first kappa shape index (κ1) is 10.0. The summed E-state index contributed by atoms with van der Waals surface area (Å²) in [5, 5.41) is 5.64. The average Bonchev–Trinajstić information content (AvgIpc) is 2.56. The molecule has 0 saturated carbocycles. The van der Waals surface area contributed by atoms with Crippen molar-refractivity contribution in [3.8, 4) is 0 Å². The molecule has 0 aliphatic heterocycles. The number of nitrogens with zero attached hydrogens (tertiary/aromatic N) is 2. The lowest BCUT2D eigenvalue weighted by Crippen LogP contribution is -2.01. The Bertz CT molecular complexity index is 457. The third-order valence-electron chi connectivity index (χ3n) is 2.51. The second kappa shape index (κ2) is 3.93. The molecule has 0 bridgehead atoms. The van der Waals surface area contributed by atoms with E-state index in [1.807, 2.05) is 22.9 Å². The van der Waals surface area contributed by atoms with E-state index < -0.39 is 0 Å². The van der Waals surface area contributed by atoms with Gasteiger partial charge in [-0.25, -0.2) is 0 Å². The van der Waals surface area contributed by atoms with E-state index in [0.29, 0.717) is 5.92 Å². The molecule has 1 aromatic carbocycles. The fourth-order valence-electron chi connectivity index (χ4n) is 1.59. The van der Waals surface area contributed by atoms with E-state index in [1.54, 1.807) is 0 Å². The van der Waals surface area contributed by atoms with Gasteiger partial charge >= 0.3 is 0 Å². The smallest absolute Gasteiger partial charge is 0.0943 e. The molecular weight excluding hydrogens is 186 g/mol. The van der Waals surface area contributed by atoms with E-state index >= 15 is 0 Å². The maximum atomic E-state index is 5.71. The molecular formula is C12H17N3. The minimum absolute atomic E-state index is 0.711. The number of aryl methyl sites for hydroxylation is 1. The van der Waals surface area contributed by atoms with Crippen LogP contribution < -0.4 is 5.73 Å². The average molecular weight is 203 g/mol. The Morgan fingerprint density at radius 1 is 1.40 bits per heavy atom. The van der Waals surface area contributed by atoms with Gasteiger partial charge in [0.15, 0.2) is 0 Å². The third-order valence-corrected chi connectivity index (χ3v) is 2.51. The number of nitrogen functional groups attached to an aromatic ring is 1. The quantitative estimate of drug-likeness (QED) is 0.779. The fraction of sp³-hybridized carbons (Fsp3) is 0.417. The van der Waals surface area contributed by atoms with E-state index in [1.165, 1.54) is 0 Å². The molecule has 1 aromatic heterocycles. The van der Waals surface area contributed by atoms with Gasteiger partial charge in [-0.2, -0.15) is 5.10 Å². The second-order valence-corrected chi connectivity index (χ2v) is 4.39. The zero-order valence-corrected chi connectivity index (χ0v) is 9.27. The van der Waals surface area contributed by atoms with Crippen LogP contribution in [0.1, 0.15) is 20.3 Å². The molecule has 3 nitrogen and oxygen atoms in total. The van der Waals surface area contributed by atoms with Crippen LogP contribution in [0.15, 0.2) is 24.4 Å². The third kappa shape index (κ3) is 2.29. The van der Waals surface area contributed by atoms with Gasteiger partial charge in [-0.3, -0.25) is 4.68 Å². The van der Waals surface area contributed by atoms with Gasteiger partial charge in [0.05, 0.1) is 5.52 Å². The molecule has 2 N–H and O–H groups in total. The molecule has 0 spiro atoms. The van der Waals surface area contributed by atoms with E-state index in [2.05, 4.69) is 25.1 Å². The number of nitrogens with two attached hydrogens (primary N) is 1. The van der Waals surface area contributed by atoms with Crippen LogP contribution in [-0.2, 0) is 6.54 Å². The monoisotopic (exact) mass is 203 g/mol. The number of fused-ring (bicyclic) bond motifs is 1. The van der Waals surface area contributed by atoms with Crippen LogP contribution >= 0.6 is 0 Å². The molecule has 2 aromatic rings. The Morgan fingerprint density at radius 3 is 2.93 bits per heavy atom. The number of hydrogen-bond donors (Lipinski definition) is 1. The molecule has 0 radical (unpaired) electrons. The van der Waals surface area contributed by atoms with Crippen molar-refractivity contribution in [1.82, 2.24) is 9.78 Å². The molecule has 0 unspecified atom stereocenters. The molecule has 0 aliphatic rings. The summed E-state index contributed by atoms with van der Waals surface area (Å²) >= 11 is 0. The van der Waals surface area contributed by atoms with Gasteiger partial charge in [-0.15, -0.1) is 0 Å². The number of anilines is 1. The maximum Gasteiger partial charge on any atom is 0.0943 e. The second-order valence-electron chi connectivity index (χ2n) is 4.39. The lowest BCUT2D eigenvalue weighted by molar-refractivity contribution is 0.489. The summed E-state index contributed by atoms with van der Waals surface area (Å²) in [6.07, 6.45) is 3.24. The van der Waals surface area contributed by atoms with E-state index in [-0.39, 0.29) is 0 Å². The molecule has 0 aliphatic carbocycles. The van der Waals surface area contributed by atoms with Crippen LogP contribution in [0, 0.1) is 5.92 Å². The normalized spacial score (nSPS) is 11.4. The molecule has 80 valence electrons. The fourth-order valence-corrected chi connectivity index (χ4v) is 1.59. The van der Waals surface area contributed by atoms with Crippen molar-refractivity contribution in [2.75, 3.05) is 5.73 Å². The molecule has 3 heteroatoms. The van der Waals surface area contributed by atoms with Crippen molar-refractivity contribution in [1.29, 1.82) is 0 Å². The minimum Gasteiger partial charge on any atom is -0.399 e. The maximum absolute atomic E-state index is 5.71. The highest BCUT2D eigenvalue weighted by Crippen LogP contribution is 2.16. The first-order chi connectivity index (χ1) is 7.15. The first-order valence-corrected chi connectivity index (χ1v) is 5.38. The largest absolute Gasteiger partial charge is 0.399 e. The lowest BCUT2D eigenvalue weighted by Gasteiger charge is -2.03. The topological polar surface area (TPSA) is 43.8 Å². The summed E-state index contributed by atoms with van der Waals surface area (Å²) in [5.74, 6) is 0.711. The molecule has 1 heterocycles. The Hall–Kier alpha value is -1.51. The number of hydrogen-bond acceptors (Lipinski definition) is 2. The molecule has 0 fully saturated rings. The van der Waals surface area contributed by atoms with Crippen LogP contribution in [-0.4, -0.2) is 9.78 Å². The van der Waals surface area contributed by atoms with Crippen molar-refractivity contribution in [3.63, 3.8) is 0 Å². The van der Waals surface area contributed by atoms with Crippen molar-refractivity contribution in [2.45, 2.75) is 26.8 Å². The zero-order valence-electron chi connectivity index (χ0n) is 9.27. The highest BCUT2D eigenvalue weighted by atomic mass is 15.3. The summed E-state index contributed by atoms with van der Waals surface area (Å²) in [6.45, 7) is 5.43. The van der Waals surface area contributed by atoms with Crippen molar-refractivity contribution in [2.24, 2.45) is 5.92 Å².